The Balaban J connectivity index is 0.00000242. The van der Waals surface area contributed by atoms with Crippen molar-refractivity contribution in [3.8, 4) is 0 Å². The van der Waals surface area contributed by atoms with Crippen molar-refractivity contribution in [2.75, 3.05) is 25.4 Å². The van der Waals surface area contributed by atoms with Crippen molar-refractivity contribution in [2.45, 2.75) is 25.5 Å². The highest BCUT2D eigenvalue weighted by molar-refractivity contribution is 14.0. The first-order valence-corrected chi connectivity index (χ1v) is 9.07. The standard InChI is InChI=1S/C16H25N3OS.HI/c1-14-6-5-10-19(12-14)16(17)18-9-11-21(20)13-15-7-3-2-4-8-15;/h2-4,7-8,14H,5-6,9-13H2,1H3,(H2,17,18);1H. The summed E-state index contributed by atoms with van der Waals surface area (Å²) in [6.07, 6.45) is 2.45. The number of aliphatic imine (C=N–C) groups is 1. The number of guanidine groups is 1. The van der Waals surface area contributed by atoms with E-state index in [0.717, 1.165) is 18.7 Å². The van der Waals surface area contributed by atoms with Crippen LogP contribution in [0.25, 0.3) is 0 Å². The number of halogens is 1. The number of likely N-dealkylation sites (tertiary alicyclic amines) is 1. The minimum absolute atomic E-state index is 0. The number of hydrogen-bond acceptors (Lipinski definition) is 2. The molecular formula is C16H26IN3OS. The molecule has 2 N–H and O–H groups in total. The van der Waals surface area contributed by atoms with Gasteiger partial charge in [0.25, 0.3) is 0 Å². The molecule has 1 heterocycles. The predicted molar refractivity (Wildman–Crippen MR) is 105 cm³/mol. The first kappa shape index (κ1) is 19.4. The van der Waals surface area contributed by atoms with E-state index in [0.29, 0.717) is 29.9 Å². The third-order valence-corrected chi connectivity index (χ3v) is 5.04. The van der Waals surface area contributed by atoms with E-state index in [1.54, 1.807) is 0 Å². The van der Waals surface area contributed by atoms with Crippen LogP contribution >= 0.6 is 24.0 Å². The van der Waals surface area contributed by atoms with Gasteiger partial charge in [-0.05, 0) is 24.3 Å². The van der Waals surface area contributed by atoms with Gasteiger partial charge in [-0.1, -0.05) is 37.3 Å². The molecule has 0 spiro atoms. The highest BCUT2D eigenvalue weighted by atomic mass is 127. The van der Waals surface area contributed by atoms with Gasteiger partial charge in [0.2, 0.25) is 0 Å². The van der Waals surface area contributed by atoms with Gasteiger partial charge in [-0.2, -0.15) is 0 Å². The molecule has 1 aromatic carbocycles. The largest absolute Gasteiger partial charge is 0.370 e. The Bertz CT molecular complexity index is 495. The van der Waals surface area contributed by atoms with Crippen molar-refractivity contribution in [3.63, 3.8) is 0 Å². The molecule has 1 aliphatic heterocycles. The van der Waals surface area contributed by atoms with Crippen LogP contribution in [0.15, 0.2) is 35.3 Å². The van der Waals surface area contributed by atoms with Crippen LogP contribution in [0.2, 0.25) is 0 Å². The Morgan fingerprint density at radius 3 is 2.82 bits per heavy atom. The molecule has 1 aromatic rings. The number of nitrogens with zero attached hydrogens (tertiary/aromatic N) is 2. The highest BCUT2D eigenvalue weighted by Crippen LogP contribution is 2.14. The summed E-state index contributed by atoms with van der Waals surface area (Å²) in [5, 5.41) is 0. The molecule has 0 aliphatic carbocycles. The fraction of sp³-hybridized carbons (Fsp3) is 0.562. The lowest BCUT2D eigenvalue weighted by molar-refractivity contribution is 0.270. The maximum atomic E-state index is 12.0. The highest BCUT2D eigenvalue weighted by Gasteiger charge is 2.17. The van der Waals surface area contributed by atoms with Crippen molar-refractivity contribution >= 4 is 40.7 Å². The van der Waals surface area contributed by atoms with E-state index in [-0.39, 0.29) is 24.0 Å². The van der Waals surface area contributed by atoms with Gasteiger partial charge >= 0.3 is 0 Å². The fourth-order valence-corrected chi connectivity index (χ4v) is 3.60. The van der Waals surface area contributed by atoms with Crippen LogP contribution in [0.5, 0.6) is 0 Å². The van der Waals surface area contributed by atoms with E-state index in [1.807, 2.05) is 30.3 Å². The second kappa shape index (κ2) is 10.2. The van der Waals surface area contributed by atoms with Crippen LogP contribution in [0.3, 0.4) is 0 Å². The number of rotatable bonds is 5. The molecule has 2 atom stereocenters. The van der Waals surface area contributed by atoms with Crippen molar-refractivity contribution in [3.05, 3.63) is 35.9 Å². The molecule has 22 heavy (non-hydrogen) atoms. The molecule has 2 rings (SSSR count). The minimum Gasteiger partial charge on any atom is -0.370 e. The second-order valence-corrected chi connectivity index (χ2v) is 7.28. The lowest BCUT2D eigenvalue weighted by Gasteiger charge is -2.31. The zero-order valence-electron chi connectivity index (χ0n) is 13.1. The smallest absolute Gasteiger partial charge is 0.191 e. The first-order chi connectivity index (χ1) is 10.1. The minimum atomic E-state index is -0.881. The molecular weight excluding hydrogens is 409 g/mol. The molecule has 1 aliphatic rings. The van der Waals surface area contributed by atoms with Crippen LogP contribution in [-0.4, -0.2) is 40.5 Å². The molecule has 124 valence electrons. The van der Waals surface area contributed by atoms with E-state index < -0.39 is 10.8 Å². The van der Waals surface area contributed by atoms with E-state index >= 15 is 0 Å². The van der Waals surface area contributed by atoms with Gasteiger partial charge in [-0.3, -0.25) is 9.20 Å². The lowest BCUT2D eigenvalue weighted by atomic mass is 10.0. The Morgan fingerprint density at radius 1 is 1.41 bits per heavy atom. The normalized spacial score (nSPS) is 20.3. The zero-order valence-corrected chi connectivity index (χ0v) is 16.3. The van der Waals surface area contributed by atoms with Gasteiger partial charge in [0.15, 0.2) is 5.96 Å². The van der Waals surface area contributed by atoms with E-state index in [1.165, 1.54) is 12.8 Å². The SMILES string of the molecule is CC1CCCN(C(N)=NCCS(=O)Cc2ccccc2)C1.I. The second-order valence-electron chi connectivity index (χ2n) is 5.71. The molecule has 0 bridgehead atoms. The monoisotopic (exact) mass is 435 g/mol. The molecule has 0 aromatic heterocycles. The van der Waals surface area contributed by atoms with Gasteiger partial charge < -0.3 is 10.6 Å². The van der Waals surface area contributed by atoms with Crippen molar-refractivity contribution in [2.24, 2.45) is 16.6 Å². The summed E-state index contributed by atoms with van der Waals surface area (Å²) in [5.74, 6) is 2.45. The van der Waals surface area contributed by atoms with E-state index in [4.69, 9.17) is 5.73 Å². The third kappa shape index (κ3) is 6.64. The summed E-state index contributed by atoms with van der Waals surface area (Å²) < 4.78 is 12.0. The van der Waals surface area contributed by atoms with E-state index in [9.17, 15) is 4.21 Å². The molecule has 0 radical (unpaired) electrons. The summed E-state index contributed by atoms with van der Waals surface area (Å²) in [4.78, 5) is 6.54. The van der Waals surface area contributed by atoms with Gasteiger partial charge in [0.05, 0.1) is 6.54 Å². The molecule has 6 heteroatoms. The lowest BCUT2D eigenvalue weighted by Crippen LogP contribution is -2.43. The topological polar surface area (TPSA) is 58.7 Å². The third-order valence-electron chi connectivity index (χ3n) is 3.74. The Kier molecular flexibility index (Phi) is 9.00. The van der Waals surface area contributed by atoms with Crippen molar-refractivity contribution in [1.82, 2.24) is 4.90 Å². The first-order valence-electron chi connectivity index (χ1n) is 7.59. The summed E-state index contributed by atoms with van der Waals surface area (Å²) in [5.41, 5.74) is 7.14. The molecule has 4 nitrogen and oxygen atoms in total. The Labute approximate surface area is 153 Å². The van der Waals surface area contributed by atoms with Crippen LogP contribution in [0.4, 0.5) is 0 Å². The van der Waals surface area contributed by atoms with Gasteiger partial charge in [-0.25, -0.2) is 0 Å². The average molecular weight is 435 g/mol. The van der Waals surface area contributed by atoms with Gasteiger partial charge in [0.1, 0.15) is 0 Å². The summed E-state index contributed by atoms with van der Waals surface area (Å²) >= 11 is 0. The molecule has 2 unspecified atom stereocenters. The quantitative estimate of drug-likeness (QED) is 0.440. The van der Waals surface area contributed by atoms with Crippen LogP contribution < -0.4 is 5.73 Å². The number of benzene rings is 1. The van der Waals surface area contributed by atoms with Crippen LogP contribution in [0, 0.1) is 5.92 Å². The number of nitrogens with two attached hydrogens (primary N) is 1. The van der Waals surface area contributed by atoms with Crippen LogP contribution in [-0.2, 0) is 16.6 Å². The molecule has 0 amide bonds. The van der Waals surface area contributed by atoms with Crippen LogP contribution in [0.1, 0.15) is 25.3 Å². The molecule has 1 saturated heterocycles. The Morgan fingerprint density at radius 2 is 2.14 bits per heavy atom. The van der Waals surface area contributed by atoms with Gasteiger partial charge in [0, 0.05) is 35.4 Å². The predicted octanol–water partition coefficient (Wildman–Crippen LogP) is 2.60. The fourth-order valence-electron chi connectivity index (χ4n) is 2.59. The maximum absolute atomic E-state index is 12.0. The summed E-state index contributed by atoms with van der Waals surface area (Å²) in [6.45, 7) is 4.76. The average Bonchev–Trinajstić information content (AvgIpc) is 2.48. The molecule has 0 saturated carbocycles. The Hall–Kier alpha value is -0.630. The summed E-state index contributed by atoms with van der Waals surface area (Å²) in [6, 6.07) is 9.92. The number of hydrogen-bond donors (Lipinski definition) is 1. The zero-order chi connectivity index (χ0) is 15.1. The van der Waals surface area contributed by atoms with Gasteiger partial charge in [-0.15, -0.1) is 24.0 Å². The van der Waals surface area contributed by atoms with Crippen molar-refractivity contribution in [1.29, 1.82) is 0 Å². The number of piperidine rings is 1. The van der Waals surface area contributed by atoms with Crippen molar-refractivity contribution < 1.29 is 4.21 Å². The molecule has 1 fully saturated rings. The summed E-state index contributed by atoms with van der Waals surface area (Å²) in [7, 11) is -0.881. The maximum Gasteiger partial charge on any atom is 0.191 e. The van der Waals surface area contributed by atoms with E-state index in [2.05, 4.69) is 16.8 Å².